The van der Waals surface area contributed by atoms with Gasteiger partial charge in [0.25, 0.3) is 0 Å². The van der Waals surface area contributed by atoms with Crippen LogP contribution in [0.1, 0.15) is 30.9 Å². The number of nitrogens with one attached hydrogen (secondary N) is 1. The smallest absolute Gasteiger partial charge is 0.128 e. The van der Waals surface area contributed by atoms with Gasteiger partial charge in [0.1, 0.15) is 5.82 Å². The van der Waals surface area contributed by atoms with Crippen molar-refractivity contribution >= 4 is 21.7 Å². The zero-order valence-electron chi connectivity index (χ0n) is 7.96. The van der Waals surface area contributed by atoms with Gasteiger partial charge in [-0.3, -0.25) is 0 Å². The van der Waals surface area contributed by atoms with E-state index in [2.05, 4.69) is 32.3 Å². The van der Waals surface area contributed by atoms with Crippen LogP contribution >= 0.6 is 15.9 Å². The van der Waals surface area contributed by atoms with E-state index in [0.717, 1.165) is 23.0 Å². The Kier molecular flexibility index (Phi) is 3.03. The highest BCUT2D eigenvalue weighted by molar-refractivity contribution is 9.10. The summed E-state index contributed by atoms with van der Waals surface area (Å²) >= 11 is 3.42. The van der Waals surface area contributed by atoms with E-state index in [9.17, 15) is 0 Å². The van der Waals surface area contributed by atoms with Crippen LogP contribution in [0.25, 0.3) is 0 Å². The van der Waals surface area contributed by atoms with Gasteiger partial charge in [-0.2, -0.15) is 0 Å². The highest BCUT2D eigenvalue weighted by atomic mass is 79.9. The largest absolute Gasteiger partial charge is 0.383 e. The van der Waals surface area contributed by atoms with Crippen molar-refractivity contribution in [1.29, 1.82) is 0 Å². The fourth-order valence-corrected chi connectivity index (χ4v) is 2.21. The van der Waals surface area contributed by atoms with E-state index in [1.54, 1.807) is 6.20 Å². The maximum atomic E-state index is 5.85. The molecule has 1 aromatic rings. The Morgan fingerprint density at radius 1 is 1.50 bits per heavy atom. The van der Waals surface area contributed by atoms with E-state index < -0.39 is 0 Å². The maximum Gasteiger partial charge on any atom is 0.128 e. The monoisotopic (exact) mass is 255 g/mol. The number of nitrogen functional groups attached to an aromatic ring is 1. The first kappa shape index (κ1) is 9.93. The molecule has 1 aromatic heterocycles. The zero-order chi connectivity index (χ0) is 9.97. The zero-order valence-corrected chi connectivity index (χ0v) is 9.55. The number of anilines is 1. The molecule has 76 valence electrons. The molecule has 0 saturated carbocycles. The first-order chi connectivity index (χ1) is 6.77. The van der Waals surface area contributed by atoms with Gasteiger partial charge in [0.15, 0.2) is 0 Å². The number of hydrogen-bond donors (Lipinski definition) is 2. The normalized spacial score (nSPS) is 22.2. The van der Waals surface area contributed by atoms with E-state index >= 15 is 0 Å². The molecule has 4 heteroatoms. The Hall–Kier alpha value is -0.610. The van der Waals surface area contributed by atoms with Crippen LogP contribution in [-0.4, -0.2) is 11.5 Å². The van der Waals surface area contributed by atoms with E-state index in [1.165, 1.54) is 12.8 Å². The van der Waals surface area contributed by atoms with Gasteiger partial charge in [0, 0.05) is 22.3 Å². The molecule has 3 nitrogen and oxygen atoms in total. The Bertz CT molecular complexity index is 321. The lowest BCUT2D eigenvalue weighted by Crippen LogP contribution is -2.27. The van der Waals surface area contributed by atoms with Crippen LogP contribution in [0, 0.1) is 0 Å². The SMILES string of the molecule is Nc1ncc(Br)cc1C1CCCCN1. The van der Waals surface area contributed by atoms with Gasteiger partial charge in [-0.05, 0) is 41.4 Å². The van der Waals surface area contributed by atoms with Crippen LogP contribution in [0.4, 0.5) is 5.82 Å². The third-order valence-corrected chi connectivity index (χ3v) is 3.04. The average molecular weight is 256 g/mol. The minimum Gasteiger partial charge on any atom is -0.383 e. The average Bonchev–Trinajstić information content (AvgIpc) is 2.23. The lowest BCUT2D eigenvalue weighted by molar-refractivity contribution is 0.412. The summed E-state index contributed by atoms with van der Waals surface area (Å²) in [4.78, 5) is 4.14. The third kappa shape index (κ3) is 2.07. The molecule has 1 saturated heterocycles. The van der Waals surface area contributed by atoms with Crippen molar-refractivity contribution in [3.63, 3.8) is 0 Å². The van der Waals surface area contributed by atoms with Gasteiger partial charge >= 0.3 is 0 Å². The summed E-state index contributed by atoms with van der Waals surface area (Å²) in [6, 6.07) is 2.44. The molecule has 0 aliphatic carbocycles. The van der Waals surface area contributed by atoms with E-state index in [0.29, 0.717) is 11.9 Å². The molecule has 3 N–H and O–H groups in total. The summed E-state index contributed by atoms with van der Waals surface area (Å²) < 4.78 is 0.995. The number of hydrogen-bond acceptors (Lipinski definition) is 3. The minimum absolute atomic E-state index is 0.383. The number of pyridine rings is 1. The predicted molar refractivity (Wildman–Crippen MR) is 60.9 cm³/mol. The van der Waals surface area contributed by atoms with Gasteiger partial charge in [-0.1, -0.05) is 6.42 Å². The first-order valence-electron chi connectivity index (χ1n) is 4.91. The second kappa shape index (κ2) is 4.28. The summed E-state index contributed by atoms with van der Waals surface area (Å²) in [5.74, 6) is 0.646. The molecular weight excluding hydrogens is 242 g/mol. The molecule has 0 spiro atoms. The Balaban J connectivity index is 2.24. The van der Waals surface area contributed by atoms with Gasteiger partial charge in [0.2, 0.25) is 0 Å². The molecule has 1 unspecified atom stereocenters. The number of rotatable bonds is 1. The van der Waals surface area contributed by atoms with Crippen molar-refractivity contribution in [3.8, 4) is 0 Å². The molecule has 2 heterocycles. The molecule has 1 atom stereocenters. The van der Waals surface area contributed by atoms with Crippen LogP contribution in [0.3, 0.4) is 0 Å². The first-order valence-corrected chi connectivity index (χ1v) is 5.71. The maximum absolute atomic E-state index is 5.85. The van der Waals surface area contributed by atoms with Crippen molar-refractivity contribution in [2.24, 2.45) is 0 Å². The van der Waals surface area contributed by atoms with Crippen molar-refractivity contribution in [1.82, 2.24) is 10.3 Å². The predicted octanol–water partition coefficient (Wildman–Crippen LogP) is 2.24. The van der Waals surface area contributed by atoms with Crippen molar-refractivity contribution in [2.45, 2.75) is 25.3 Å². The number of halogens is 1. The summed E-state index contributed by atoms with van der Waals surface area (Å²) in [7, 11) is 0. The highest BCUT2D eigenvalue weighted by Gasteiger charge is 2.17. The van der Waals surface area contributed by atoms with Crippen LogP contribution < -0.4 is 11.1 Å². The van der Waals surface area contributed by atoms with E-state index in [4.69, 9.17) is 5.73 Å². The second-order valence-electron chi connectivity index (χ2n) is 3.63. The van der Waals surface area contributed by atoms with Crippen LogP contribution in [0.5, 0.6) is 0 Å². The van der Waals surface area contributed by atoms with Crippen molar-refractivity contribution in [3.05, 3.63) is 22.3 Å². The third-order valence-electron chi connectivity index (χ3n) is 2.60. The number of piperidine rings is 1. The fourth-order valence-electron chi connectivity index (χ4n) is 1.86. The molecular formula is C10H14BrN3. The molecule has 14 heavy (non-hydrogen) atoms. The molecule has 1 aliphatic rings. The van der Waals surface area contributed by atoms with Crippen molar-refractivity contribution in [2.75, 3.05) is 12.3 Å². The Morgan fingerprint density at radius 2 is 2.36 bits per heavy atom. The van der Waals surface area contributed by atoms with Gasteiger partial charge in [-0.15, -0.1) is 0 Å². The molecule has 0 amide bonds. The van der Waals surface area contributed by atoms with E-state index in [1.807, 2.05) is 0 Å². The van der Waals surface area contributed by atoms with Gasteiger partial charge in [0.05, 0.1) is 0 Å². The standard InChI is InChI=1S/C10H14BrN3/c11-7-5-8(10(12)14-6-7)9-3-1-2-4-13-9/h5-6,9,13H,1-4H2,(H2,12,14). The van der Waals surface area contributed by atoms with Crippen LogP contribution in [-0.2, 0) is 0 Å². The van der Waals surface area contributed by atoms with Crippen molar-refractivity contribution < 1.29 is 0 Å². The molecule has 0 bridgehead atoms. The fraction of sp³-hybridized carbons (Fsp3) is 0.500. The summed E-state index contributed by atoms with van der Waals surface area (Å²) in [5.41, 5.74) is 6.97. The van der Waals surface area contributed by atoms with Crippen LogP contribution in [0.15, 0.2) is 16.7 Å². The minimum atomic E-state index is 0.383. The molecule has 0 aromatic carbocycles. The quantitative estimate of drug-likeness (QED) is 0.810. The second-order valence-corrected chi connectivity index (χ2v) is 4.55. The highest BCUT2D eigenvalue weighted by Crippen LogP contribution is 2.28. The summed E-state index contributed by atoms with van der Waals surface area (Å²) in [6.45, 7) is 1.08. The number of aromatic nitrogens is 1. The lowest BCUT2D eigenvalue weighted by atomic mass is 9.98. The summed E-state index contributed by atoms with van der Waals surface area (Å²) in [6.07, 6.45) is 5.42. The molecule has 1 aliphatic heterocycles. The Morgan fingerprint density at radius 3 is 3.07 bits per heavy atom. The lowest BCUT2D eigenvalue weighted by Gasteiger charge is -2.24. The molecule has 0 radical (unpaired) electrons. The Labute approximate surface area is 92.2 Å². The van der Waals surface area contributed by atoms with Gasteiger partial charge in [-0.25, -0.2) is 4.98 Å². The number of nitrogens with zero attached hydrogens (tertiary/aromatic N) is 1. The molecule has 2 rings (SSSR count). The summed E-state index contributed by atoms with van der Waals surface area (Å²) in [5, 5.41) is 3.46. The molecule has 1 fully saturated rings. The van der Waals surface area contributed by atoms with Gasteiger partial charge < -0.3 is 11.1 Å². The topological polar surface area (TPSA) is 50.9 Å². The number of nitrogens with two attached hydrogens (primary N) is 1. The van der Waals surface area contributed by atoms with E-state index in [-0.39, 0.29) is 0 Å². The van der Waals surface area contributed by atoms with Crippen LogP contribution in [0.2, 0.25) is 0 Å².